The van der Waals surface area contributed by atoms with Crippen molar-refractivity contribution in [1.29, 1.82) is 0 Å². The van der Waals surface area contributed by atoms with Crippen molar-refractivity contribution in [2.24, 2.45) is 11.7 Å². The molecule has 1 fully saturated rings. The minimum absolute atomic E-state index is 0.0303. The van der Waals surface area contributed by atoms with Crippen molar-refractivity contribution in [2.75, 3.05) is 13.2 Å². The lowest BCUT2D eigenvalue weighted by molar-refractivity contribution is 0.0927. The molecule has 0 aliphatic carbocycles. The van der Waals surface area contributed by atoms with E-state index in [1.54, 1.807) is 12.1 Å². The van der Waals surface area contributed by atoms with Crippen molar-refractivity contribution in [1.82, 2.24) is 4.90 Å². The molecule has 4 atom stereocenters. The van der Waals surface area contributed by atoms with Crippen LogP contribution in [0.15, 0.2) is 24.3 Å². The first-order valence-electron chi connectivity index (χ1n) is 6.92. The van der Waals surface area contributed by atoms with Crippen LogP contribution in [0.2, 0.25) is 0 Å². The molecule has 0 amide bonds. The van der Waals surface area contributed by atoms with E-state index in [1.165, 1.54) is 12.1 Å². The third-order valence-corrected chi connectivity index (χ3v) is 4.18. The van der Waals surface area contributed by atoms with Crippen molar-refractivity contribution in [3.8, 4) is 0 Å². The van der Waals surface area contributed by atoms with Gasteiger partial charge in [-0.3, -0.25) is 4.90 Å². The van der Waals surface area contributed by atoms with Crippen LogP contribution in [0.1, 0.15) is 31.9 Å². The van der Waals surface area contributed by atoms with Crippen molar-refractivity contribution >= 4 is 0 Å². The summed E-state index contributed by atoms with van der Waals surface area (Å²) in [7, 11) is 0. The summed E-state index contributed by atoms with van der Waals surface area (Å²) in [5.74, 6) is 0.229. The van der Waals surface area contributed by atoms with E-state index in [9.17, 15) is 9.50 Å². The maximum Gasteiger partial charge on any atom is 0.123 e. The zero-order chi connectivity index (χ0) is 14.0. The molecule has 0 radical (unpaired) electrons. The molecule has 0 aromatic heterocycles. The molecule has 0 spiro atoms. The molecule has 3 nitrogen and oxygen atoms in total. The number of likely N-dealkylation sites (tertiary alicyclic amines) is 1. The van der Waals surface area contributed by atoms with Crippen LogP contribution in [0.5, 0.6) is 0 Å². The van der Waals surface area contributed by atoms with Crippen molar-refractivity contribution in [2.45, 2.75) is 38.4 Å². The number of aliphatic hydroxyl groups is 1. The van der Waals surface area contributed by atoms with E-state index in [2.05, 4.69) is 11.8 Å². The van der Waals surface area contributed by atoms with Crippen molar-refractivity contribution in [3.05, 3.63) is 35.6 Å². The lowest BCUT2D eigenvalue weighted by atomic mass is 9.97. The van der Waals surface area contributed by atoms with Crippen LogP contribution >= 0.6 is 0 Å². The van der Waals surface area contributed by atoms with Gasteiger partial charge in [0.25, 0.3) is 0 Å². The molecule has 106 valence electrons. The first kappa shape index (κ1) is 14.4. The molecule has 4 heteroatoms. The predicted molar refractivity (Wildman–Crippen MR) is 74.2 cm³/mol. The second kappa shape index (κ2) is 5.99. The van der Waals surface area contributed by atoms with Crippen LogP contribution in [0.3, 0.4) is 0 Å². The third kappa shape index (κ3) is 2.96. The molecule has 19 heavy (non-hydrogen) atoms. The van der Waals surface area contributed by atoms with E-state index >= 15 is 0 Å². The van der Waals surface area contributed by atoms with Gasteiger partial charge in [-0.2, -0.15) is 0 Å². The fourth-order valence-corrected chi connectivity index (χ4v) is 3.12. The number of nitrogens with two attached hydrogens (primary N) is 1. The van der Waals surface area contributed by atoms with Crippen LogP contribution in [-0.4, -0.2) is 35.2 Å². The zero-order valence-electron chi connectivity index (χ0n) is 11.6. The van der Waals surface area contributed by atoms with Gasteiger partial charge < -0.3 is 10.8 Å². The summed E-state index contributed by atoms with van der Waals surface area (Å²) >= 11 is 0. The summed E-state index contributed by atoms with van der Waals surface area (Å²) in [5.41, 5.74) is 7.15. The van der Waals surface area contributed by atoms with Crippen molar-refractivity contribution < 1.29 is 9.50 Å². The monoisotopic (exact) mass is 266 g/mol. The fraction of sp³-hybridized carbons (Fsp3) is 0.600. The number of aliphatic hydroxyl groups excluding tert-OH is 1. The summed E-state index contributed by atoms with van der Waals surface area (Å²) in [5, 5.41) is 9.59. The van der Waals surface area contributed by atoms with Gasteiger partial charge in [-0.15, -0.1) is 0 Å². The Labute approximate surface area is 114 Å². The average molecular weight is 266 g/mol. The Morgan fingerprint density at radius 2 is 2.05 bits per heavy atom. The Morgan fingerprint density at radius 1 is 1.42 bits per heavy atom. The highest BCUT2D eigenvalue weighted by Crippen LogP contribution is 2.34. The lowest BCUT2D eigenvalue weighted by Crippen LogP contribution is -2.44. The normalized spacial score (nSPS) is 27.4. The SMILES string of the molecule is CC(N)C(c1ccc(F)cc1)N1CCC(C)C1CO. The molecule has 1 aliphatic heterocycles. The van der Waals surface area contributed by atoms with Crippen LogP contribution in [0, 0.1) is 11.7 Å². The molecule has 1 aliphatic rings. The number of hydrogen-bond acceptors (Lipinski definition) is 3. The van der Waals surface area contributed by atoms with Gasteiger partial charge in [0.1, 0.15) is 5.82 Å². The molecule has 0 bridgehead atoms. The van der Waals surface area contributed by atoms with E-state index in [0.717, 1.165) is 18.5 Å². The molecule has 1 aromatic carbocycles. The van der Waals surface area contributed by atoms with Gasteiger partial charge in [0.05, 0.1) is 12.6 Å². The number of hydrogen-bond donors (Lipinski definition) is 2. The summed E-state index contributed by atoms with van der Waals surface area (Å²) in [6.45, 7) is 5.19. The predicted octanol–water partition coefficient (Wildman–Crippen LogP) is 1.92. The number of rotatable bonds is 4. The quantitative estimate of drug-likeness (QED) is 0.875. The molecule has 4 unspecified atom stereocenters. The minimum Gasteiger partial charge on any atom is -0.395 e. The first-order chi connectivity index (χ1) is 9.04. The number of benzene rings is 1. The summed E-state index contributed by atoms with van der Waals surface area (Å²) in [6, 6.07) is 6.63. The van der Waals surface area contributed by atoms with E-state index < -0.39 is 0 Å². The number of halogens is 1. The molecule has 0 saturated carbocycles. The van der Waals surface area contributed by atoms with Gasteiger partial charge in [0, 0.05) is 12.1 Å². The standard InChI is InChI=1S/C15H23FN2O/c1-10-7-8-18(14(10)9-19)15(11(2)17)12-3-5-13(16)6-4-12/h3-6,10-11,14-15,19H,7-9,17H2,1-2H3. The molecule has 1 heterocycles. The van der Waals surface area contributed by atoms with Crippen LogP contribution in [0.4, 0.5) is 4.39 Å². The summed E-state index contributed by atoms with van der Waals surface area (Å²) in [6.07, 6.45) is 1.07. The highest BCUT2D eigenvalue weighted by atomic mass is 19.1. The molecule has 1 aromatic rings. The molecule has 3 N–H and O–H groups in total. The Kier molecular flexibility index (Phi) is 4.55. The second-order valence-corrected chi connectivity index (χ2v) is 5.61. The molecular formula is C15H23FN2O. The van der Waals surface area contributed by atoms with E-state index in [-0.39, 0.29) is 30.5 Å². The van der Waals surface area contributed by atoms with Gasteiger partial charge >= 0.3 is 0 Å². The average Bonchev–Trinajstić information content (AvgIpc) is 2.73. The highest BCUT2D eigenvalue weighted by Gasteiger charge is 2.37. The molecular weight excluding hydrogens is 243 g/mol. The minimum atomic E-state index is -0.235. The Balaban J connectivity index is 2.28. The zero-order valence-corrected chi connectivity index (χ0v) is 11.6. The smallest absolute Gasteiger partial charge is 0.123 e. The molecule has 2 rings (SSSR count). The summed E-state index contributed by atoms with van der Waals surface area (Å²) < 4.78 is 13.0. The molecule has 1 saturated heterocycles. The lowest BCUT2D eigenvalue weighted by Gasteiger charge is -2.36. The largest absolute Gasteiger partial charge is 0.395 e. The Bertz CT molecular complexity index is 407. The topological polar surface area (TPSA) is 49.5 Å². The van der Waals surface area contributed by atoms with Gasteiger partial charge in [-0.05, 0) is 43.5 Å². The van der Waals surface area contributed by atoms with E-state index in [0.29, 0.717) is 5.92 Å². The van der Waals surface area contributed by atoms with Crippen LogP contribution in [-0.2, 0) is 0 Å². The van der Waals surface area contributed by atoms with Gasteiger partial charge in [-0.25, -0.2) is 4.39 Å². The maximum absolute atomic E-state index is 13.0. The van der Waals surface area contributed by atoms with E-state index in [1.807, 2.05) is 6.92 Å². The van der Waals surface area contributed by atoms with Crippen LogP contribution < -0.4 is 5.73 Å². The Morgan fingerprint density at radius 3 is 2.58 bits per heavy atom. The van der Waals surface area contributed by atoms with Gasteiger partial charge in [0.15, 0.2) is 0 Å². The van der Waals surface area contributed by atoms with Crippen molar-refractivity contribution in [3.63, 3.8) is 0 Å². The van der Waals surface area contributed by atoms with Crippen LogP contribution in [0.25, 0.3) is 0 Å². The highest BCUT2D eigenvalue weighted by molar-refractivity contribution is 5.22. The first-order valence-corrected chi connectivity index (χ1v) is 6.92. The van der Waals surface area contributed by atoms with Gasteiger partial charge in [-0.1, -0.05) is 19.1 Å². The fourth-order valence-electron chi connectivity index (χ4n) is 3.12. The maximum atomic E-state index is 13.0. The van der Waals surface area contributed by atoms with E-state index in [4.69, 9.17) is 5.73 Å². The summed E-state index contributed by atoms with van der Waals surface area (Å²) in [4.78, 5) is 2.27. The Hall–Kier alpha value is -0.970. The third-order valence-electron chi connectivity index (χ3n) is 4.18. The number of nitrogens with zero attached hydrogens (tertiary/aromatic N) is 1. The second-order valence-electron chi connectivity index (χ2n) is 5.61. The van der Waals surface area contributed by atoms with Gasteiger partial charge in [0.2, 0.25) is 0 Å².